The van der Waals surface area contributed by atoms with E-state index in [0.29, 0.717) is 11.6 Å². The van der Waals surface area contributed by atoms with Gasteiger partial charge in [0.2, 0.25) is 11.0 Å². The standard InChI is InChI=1S/C21H20N4OS2/c1-15-18(23-19(26-15)17-10-6-3-7-11-17)14-27-21-25-24-20(28-21)22-13-12-16-8-4-2-5-9-16/h2-11H,12-14H2,1H3,(H,22,24). The van der Waals surface area contributed by atoms with Gasteiger partial charge in [-0.1, -0.05) is 71.6 Å². The average molecular weight is 409 g/mol. The molecule has 1 N–H and O–H groups in total. The maximum Gasteiger partial charge on any atom is 0.226 e. The van der Waals surface area contributed by atoms with Crippen LogP contribution >= 0.6 is 23.1 Å². The number of nitrogens with one attached hydrogen (secondary N) is 1. The van der Waals surface area contributed by atoms with Crippen molar-refractivity contribution in [3.63, 3.8) is 0 Å². The molecule has 4 aromatic rings. The van der Waals surface area contributed by atoms with Crippen LogP contribution in [0.1, 0.15) is 17.0 Å². The Morgan fingerprint density at radius 2 is 1.75 bits per heavy atom. The lowest BCUT2D eigenvalue weighted by atomic mass is 10.2. The van der Waals surface area contributed by atoms with Gasteiger partial charge >= 0.3 is 0 Å². The van der Waals surface area contributed by atoms with Gasteiger partial charge in [0.1, 0.15) is 5.76 Å². The van der Waals surface area contributed by atoms with Crippen molar-refractivity contribution in [1.82, 2.24) is 15.2 Å². The molecule has 0 aliphatic carbocycles. The second-order valence-corrected chi connectivity index (χ2v) is 8.41. The van der Waals surface area contributed by atoms with Crippen LogP contribution in [0.3, 0.4) is 0 Å². The highest BCUT2D eigenvalue weighted by molar-refractivity contribution is 8.00. The highest BCUT2D eigenvalue weighted by Crippen LogP contribution is 2.30. The van der Waals surface area contributed by atoms with Crippen LogP contribution in [-0.4, -0.2) is 21.7 Å². The van der Waals surface area contributed by atoms with Crippen LogP contribution in [0.2, 0.25) is 0 Å². The molecule has 0 saturated carbocycles. The molecule has 0 atom stereocenters. The molecule has 142 valence electrons. The monoisotopic (exact) mass is 408 g/mol. The average Bonchev–Trinajstić information content (AvgIpc) is 3.34. The van der Waals surface area contributed by atoms with E-state index in [1.54, 1.807) is 23.1 Å². The highest BCUT2D eigenvalue weighted by atomic mass is 32.2. The first-order chi connectivity index (χ1) is 13.8. The molecule has 0 aliphatic rings. The Kier molecular flexibility index (Phi) is 6.04. The Labute approximate surface area is 172 Å². The van der Waals surface area contributed by atoms with E-state index in [4.69, 9.17) is 4.42 Å². The van der Waals surface area contributed by atoms with Gasteiger partial charge < -0.3 is 9.73 Å². The van der Waals surface area contributed by atoms with Gasteiger partial charge in [-0.2, -0.15) is 0 Å². The summed E-state index contributed by atoms with van der Waals surface area (Å²) in [7, 11) is 0. The second-order valence-electron chi connectivity index (χ2n) is 6.21. The molecular weight excluding hydrogens is 388 g/mol. The van der Waals surface area contributed by atoms with Crippen molar-refractivity contribution in [3.8, 4) is 11.5 Å². The van der Waals surface area contributed by atoms with Crippen molar-refractivity contribution >= 4 is 28.2 Å². The first-order valence-corrected chi connectivity index (χ1v) is 10.8. The van der Waals surface area contributed by atoms with Crippen LogP contribution in [0, 0.1) is 6.92 Å². The number of benzene rings is 2. The van der Waals surface area contributed by atoms with Crippen molar-refractivity contribution in [2.75, 3.05) is 11.9 Å². The van der Waals surface area contributed by atoms with E-state index in [-0.39, 0.29) is 0 Å². The fourth-order valence-corrected chi connectivity index (χ4v) is 4.47. The van der Waals surface area contributed by atoms with E-state index in [1.165, 1.54) is 5.56 Å². The third-order valence-corrected chi connectivity index (χ3v) is 6.21. The number of rotatable bonds is 8. The highest BCUT2D eigenvalue weighted by Gasteiger charge is 2.13. The van der Waals surface area contributed by atoms with E-state index >= 15 is 0 Å². The SMILES string of the molecule is Cc1oc(-c2ccccc2)nc1CSc1nnc(NCCc2ccccc2)s1. The Hall–Kier alpha value is -2.64. The maximum absolute atomic E-state index is 5.82. The number of oxazole rings is 1. The quantitative estimate of drug-likeness (QED) is 0.391. The number of aromatic nitrogens is 3. The van der Waals surface area contributed by atoms with Crippen LogP contribution in [0.25, 0.3) is 11.5 Å². The molecule has 2 heterocycles. The van der Waals surface area contributed by atoms with E-state index in [9.17, 15) is 0 Å². The number of nitrogens with zero attached hydrogens (tertiary/aromatic N) is 3. The first kappa shape index (κ1) is 18.7. The van der Waals surface area contributed by atoms with Gasteiger partial charge in [0, 0.05) is 17.9 Å². The molecule has 2 aromatic carbocycles. The van der Waals surface area contributed by atoms with E-state index in [1.807, 2.05) is 43.3 Å². The lowest BCUT2D eigenvalue weighted by Crippen LogP contribution is -2.04. The van der Waals surface area contributed by atoms with Gasteiger partial charge in [-0.3, -0.25) is 0 Å². The van der Waals surface area contributed by atoms with E-state index in [2.05, 4.69) is 44.8 Å². The molecule has 28 heavy (non-hydrogen) atoms. The number of anilines is 1. The van der Waals surface area contributed by atoms with Crippen molar-refractivity contribution < 1.29 is 4.42 Å². The van der Waals surface area contributed by atoms with Gasteiger partial charge in [0.25, 0.3) is 0 Å². The molecule has 0 bridgehead atoms. The van der Waals surface area contributed by atoms with Gasteiger partial charge in [0.05, 0.1) is 5.69 Å². The minimum Gasteiger partial charge on any atom is -0.441 e. The molecule has 0 saturated heterocycles. The molecule has 4 rings (SSSR count). The fourth-order valence-electron chi connectivity index (χ4n) is 2.69. The first-order valence-electron chi connectivity index (χ1n) is 9.04. The predicted molar refractivity (Wildman–Crippen MR) is 115 cm³/mol. The summed E-state index contributed by atoms with van der Waals surface area (Å²) in [5, 5.41) is 12.7. The molecule has 0 spiro atoms. The van der Waals surface area contributed by atoms with Crippen LogP contribution in [-0.2, 0) is 12.2 Å². The van der Waals surface area contributed by atoms with Crippen LogP contribution in [0.4, 0.5) is 5.13 Å². The topological polar surface area (TPSA) is 63.8 Å². The summed E-state index contributed by atoms with van der Waals surface area (Å²) < 4.78 is 6.74. The Morgan fingerprint density at radius 3 is 2.54 bits per heavy atom. The Bertz CT molecular complexity index is 1020. The molecule has 2 aromatic heterocycles. The molecule has 0 aliphatic heterocycles. The summed E-state index contributed by atoms with van der Waals surface area (Å²) >= 11 is 3.20. The molecule has 0 unspecified atom stereocenters. The number of hydrogen-bond donors (Lipinski definition) is 1. The third kappa shape index (κ3) is 4.79. The zero-order chi connectivity index (χ0) is 19.2. The Morgan fingerprint density at radius 1 is 1.00 bits per heavy atom. The molecule has 0 radical (unpaired) electrons. The molecule has 7 heteroatoms. The van der Waals surface area contributed by atoms with Gasteiger partial charge in [-0.15, -0.1) is 10.2 Å². The normalized spacial score (nSPS) is 10.9. The predicted octanol–water partition coefficient (Wildman–Crippen LogP) is 5.45. The summed E-state index contributed by atoms with van der Waals surface area (Å²) in [5.74, 6) is 2.21. The largest absolute Gasteiger partial charge is 0.441 e. The Balaban J connectivity index is 1.30. The van der Waals surface area contributed by atoms with Crippen molar-refractivity contribution in [1.29, 1.82) is 0 Å². The van der Waals surface area contributed by atoms with Crippen molar-refractivity contribution in [3.05, 3.63) is 77.7 Å². The van der Waals surface area contributed by atoms with Gasteiger partial charge in [-0.25, -0.2) is 4.98 Å². The van der Waals surface area contributed by atoms with Crippen LogP contribution in [0.5, 0.6) is 0 Å². The molecule has 5 nitrogen and oxygen atoms in total. The maximum atomic E-state index is 5.82. The fraction of sp³-hybridized carbons (Fsp3) is 0.190. The summed E-state index contributed by atoms with van der Waals surface area (Å²) in [6.07, 6.45) is 0.962. The number of hydrogen-bond acceptors (Lipinski definition) is 7. The van der Waals surface area contributed by atoms with Crippen LogP contribution < -0.4 is 5.32 Å². The lowest BCUT2D eigenvalue weighted by Gasteiger charge is -2.01. The van der Waals surface area contributed by atoms with E-state index < -0.39 is 0 Å². The van der Waals surface area contributed by atoms with Crippen molar-refractivity contribution in [2.24, 2.45) is 0 Å². The lowest BCUT2D eigenvalue weighted by molar-refractivity contribution is 0.540. The zero-order valence-corrected chi connectivity index (χ0v) is 17.1. The van der Waals surface area contributed by atoms with Gasteiger partial charge in [-0.05, 0) is 31.0 Å². The minimum atomic E-state index is 0.661. The molecule has 0 fully saturated rings. The van der Waals surface area contributed by atoms with Crippen molar-refractivity contribution in [2.45, 2.75) is 23.4 Å². The molecular formula is C21H20N4OS2. The summed E-state index contributed by atoms with van der Waals surface area (Å²) in [5.41, 5.74) is 3.24. The number of aryl methyl sites for hydroxylation is 1. The van der Waals surface area contributed by atoms with E-state index in [0.717, 1.165) is 39.5 Å². The van der Waals surface area contributed by atoms with Gasteiger partial charge in [0.15, 0.2) is 4.34 Å². The zero-order valence-electron chi connectivity index (χ0n) is 15.5. The number of thioether (sulfide) groups is 1. The smallest absolute Gasteiger partial charge is 0.226 e. The third-order valence-electron chi connectivity index (χ3n) is 4.18. The summed E-state index contributed by atoms with van der Waals surface area (Å²) in [4.78, 5) is 4.64. The minimum absolute atomic E-state index is 0.661. The van der Waals surface area contributed by atoms with Crippen LogP contribution in [0.15, 0.2) is 69.4 Å². The molecule has 0 amide bonds. The summed E-state index contributed by atoms with van der Waals surface area (Å²) in [6.45, 7) is 2.79. The second kappa shape index (κ2) is 9.03. The summed E-state index contributed by atoms with van der Waals surface area (Å²) in [6, 6.07) is 20.4.